The topological polar surface area (TPSA) is 17.1 Å². The molecule has 0 amide bonds. The second kappa shape index (κ2) is 5.17. The first-order valence-corrected chi connectivity index (χ1v) is 6.88. The SMILES string of the molecule is O=Cc1ccc(SC2CCCC2)cc1Br. The lowest BCUT2D eigenvalue weighted by Crippen LogP contribution is -1.93. The molecule has 1 aliphatic carbocycles. The number of carbonyl (C=O) groups excluding carboxylic acids is 1. The fourth-order valence-electron chi connectivity index (χ4n) is 1.88. The van der Waals surface area contributed by atoms with Crippen molar-refractivity contribution in [2.45, 2.75) is 35.8 Å². The van der Waals surface area contributed by atoms with Gasteiger partial charge in [-0.1, -0.05) is 28.8 Å². The molecule has 0 saturated heterocycles. The van der Waals surface area contributed by atoms with Gasteiger partial charge in [0, 0.05) is 20.2 Å². The minimum Gasteiger partial charge on any atom is -0.298 e. The maximum Gasteiger partial charge on any atom is 0.151 e. The largest absolute Gasteiger partial charge is 0.298 e. The lowest BCUT2D eigenvalue weighted by atomic mass is 10.2. The summed E-state index contributed by atoms with van der Waals surface area (Å²) < 4.78 is 0.903. The molecule has 0 aliphatic heterocycles. The molecule has 1 fully saturated rings. The third-order valence-electron chi connectivity index (χ3n) is 2.70. The van der Waals surface area contributed by atoms with Crippen molar-refractivity contribution < 1.29 is 4.79 Å². The Balaban J connectivity index is 2.08. The molecule has 0 atom stereocenters. The molecule has 0 bridgehead atoms. The Bertz CT molecular complexity index is 359. The zero-order valence-corrected chi connectivity index (χ0v) is 10.8. The molecule has 0 aromatic heterocycles. The van der Waals surface area contributed by atoms with Crippen LogP contribution in [0.2, 0.25) is 0 Å². The molecule has 0 radical (unpaired) electrons. The normalized spacial score (nSPS) is 16.9. The Kier molecular flexibility index (Phi) is 3.87. The Morgan fingerprint density at radius 3 is 2.67 bits per heavy atom. The second-order valence-corrected chi connectivity index (χ2v) is 6.05. The molecule has 0 spiro atoms. The zero-order valence-electron chi connectivity index (χ0n) is 8.41. The number of thioether (sulfide) groups is 1. The van der Waals surface area contributed by atoms with Crippen LogP contribution in [0.1, 0.15) is 36.0 Å². The van der Waals surface area contributed by atoms with Gasteiger partial charge in [-0.15, -0.1) is 11.8 Å². The number of rotatable bonds is 3. The maximum absolute atomic E-state index is 10.6. The van der Waals surface area contributed by atoms with Gasteiger partial charge in [0.15, 0.2) is 6.29 Å². The smallest absolute Gasteiger partial charge is 0.151 e. The van der Waals surface area contributed by atoms with Crippen LogP contribution in [0.4, 0.5) is 0 Å². The summed E-state index contributed by atoms with van der Waals surface area (Å²) in [6.07, 6.45) is 6.28. The number of aldehydes is 1. The summed E-state index contributed by atoms with van der Waals surface area (Å²) in [5.41, 5.74) is 0.728. The molecule has 15 heavy (non-hydrogen) atoms. The monoisotopic (exact) mass is 284 g/mol. The van der Waals surface area contributed by atoms with Gasteiger partial charge in [-0.3, -0.25) is 4.79 Å². The fraction of sp³-hybridized carbons (Fsp3) is 0.417. The molecule has 0 heterocycles. The van der Waals surface area contributed by atoms with Crippen LogP contribution in [0.3, 0.4) is 0 Å². The van der Waals surface area contributed by atoms with Crippen LogP contribution in [0.5, 0.6) is 0 Å². The molecule has 0 unspecified atom stereocenters. The highest BCUT2D eigenvalue weighted by Crippen LogP contribution is 2.35. The second-order valence-electron chi connectivity index (χ2n) is 3.83. The highest BCUT2D eigenvalue weighted by atomic mass is 79.9. The highest BCUT2D eigenvalue weighted by molar-refractivity contribution is 9.10. The summed E-state index contributed by atoms with van der Waals surface area (Å²) in [5, 5.41) is 0.777. The van der Waals surface area contributed by atoms with E-state index >= 15 is 0 Å². The van der Waals surface area contributed by atoms with Crippen molar-refractivity contribution in [3.05, 3.63) is 28.2 Å². The van der Waals surface area contributed by atoms with E-state index in [-0.39, 0.29) is 0 Å². The minimum absolute atomic E-state index is 0.728. The average Bonchev–Trinajstić information content (AvgIpc) is 2.71. The third kappa shape index (κ3) is 2.85. The van der Waals surface area contributed by atoms with E-state index in [2.05, 4.69) is 15.9 Å². The molecule has 80 valence electrons. The van der Waals surface area contributed by atoms with Crippen LogP contribution in [-0.2, 0) is 0 Å². The van der Waals surface area contributed by atoms with E-state index in [0.717, 1.165) is 21.6 Å². The van der Waals surface area contributed by atoms with Gasteiger partial charge in [0.1, 0.15) is 0 Å². The van der Waals surface area contributed by atoms with Crippen molar-refractivity contribution in [2.75, 3.05) is 0 Å². The van der Waals surface area contributed by atoms with Gasteiger partial charge in [-0.05, 0) is 31.0 Å². The van der Waals surface area contributed by atoms with E-state index < -0.39 is 0 Å². The molecule has 3 heteroatoms. The number of hydrogen-bond acceptors (Lipinski definition) is 2. The number of hydrogen-bond donors (Lipinski definition) is 0. The van der Waals surface area contributed by atoms with Crippen molar-refractivity contribution in [2.24, 2.45) is 0 Å². The van der Waals surface area contributed by atoms with Crippen molar-refractivity contribution in [1.29, 1.82) is 0 Å². The summed E-state index contributed by atoms with van der Waals surface area (Å²) in [5.74, 6) is 0. The van der Waals surface area contributed by atoms with E-state index in [0.29, 0.717) is 0 Å². The molecule has 1 aromatic carbocycles. The Labute approximate surface area is 103 Å². The third-order valence-corrected chi connectivity index (χ3v) is 4.72. The fourth-order valence-corrected chi connectivity index (χ4v) is 3.79. The summed E-state index contributed by atoms with van der Waals surface area (Å²) in [4.78, 5) is 11.9. The van der Waals surface area contributed by atoms with Crippen molar-refractivity contribution >= 4 is 34.0 Å². The summed E-state index contributed by atoms with van der Waals surface area (Å²) in [7, 11) is 0. The predicted molar refractivity (Wildman–Crippen MR) is 67.6 cm³/mol. The van der Waals surface area contributed by atoms with Crippen LogP contribution in [0, 0.1) is 0 Å². The van der Waals surface area contributed by atoms with Crippen LogP contribution >= 0.6 is 27.7 Å². The van der Waals surface area contributed by atoms with Crippen LogP contribution in [-0.4, -0.2) is 11.5 Å². The lowest BCUT2D eigenvalue weighted by Gasteiger charge is -2.09. The van der Waals surface area contributed by atoms with E-state index in [1.165, 1.54) is 30.6 Å². The van der Waals surface area contributed by atoms with Gasteiger partial charge in [-0.2, -0.15) is 0 Å². The molecular formula is C12H13BrOS. The van der Waals surface area contributed by atoms with Gasteiger partial charge in [0.25, 0.3) is 0 Å². The number of benzene rings is 1. The first-order chi connectivity index (χ1) is 7.29. The van der Waals surface area contributed by atoms with Gasteiger partial charge in [-0.25, -0.2) is 0 Å². The molecule has 1 aliphatic rings. The zero-order chi connectivity index (χ0) is 10.7. The Morgan fingerprint density at radius 2 is 2.07 bits per heavy atom. The van der Waals surface area contributed by atoms with Gasteiger partial charge in [0.2, 0.25) is 0 Å². The van der Waals surface area contributed by atoms with Gasteiger partial charge < -0.3 is 0 Å². The molecule has 1 nitrogen and oxygen atoms in total. The average molecular weight is 285 g/mol. The summed E-state index contributed by atoms with van der Waals surface area (Å²) in [6.45, 7) is 0. The highest BCUT2D eigenvalue weighted by Gasteiger charge is 2.16. The lowest BCUT2D eigenvalue weighted by molar-refractivity contribution is 0.112. The predicted octanol–water partition coefficient (Wildman–Crippen LogP) is 4.30. The number of halogens is 1. The van der Waals surface area contributed by atoms with Crippen LogP contribution < -0.4 is 0 Å². The quantitative estimate of drug-likeness (QED) is 0.770. The first-order valence-electron chi connectivity index (χ1n) is 5.21. The van der Waals surface area contributed by atoms with Crippen molar-refractivity contribution in [3.8, 4) is 0 Å². The molecule has 1 aromatic rings. The van der Waals surface area contributed by atoms with E-state index in [9.17, 15) is 4.79 Å². The van der Waals surface area contributed by atoms with Crippen LogP contribution in [0.25, 0.3) is 0 Å². The van der Waals surface area contributed by atoms with Crippen molar-refractivity contribution in [1.82, 2.24) is 0 Å². The molecular weight excluding hydrogens is 272 g/mol. The summed E-state index contributed by atoms with van der Waals surface area (Å²) >= 11 is 5.35. The van der Waals surface area contributed by atoms with Crippen molar-refractivity contribution in [3.63, 3.8) is 0 Å². The Morgan fingerprint density at radius 1 is 1.33 bits per heavy atom. The molecule has 2 rings (SSSR count). The standard InChI is InChI=1S/C12H13BrOS/c13-12-7-11(6-5-9(12)8-14)15-10-3-1-2-4-10/h5-8,10H,1-4H2. The van der Waals surface area contributed by atoms with Gasteiger partial charge >= 0.3 is 0 Å². The molecule has 1 saturated carbocycles. The van der Waals surface area contributed by atoms with Crippen LogP contribution in [0.15, 0.2) is 27.6 Å². The first kappa shape index (κ1) is 11.2. The van der Waals surface area contributed by atoms with E-state index in [1.54, 1.807) is 0 Å². The molecule has 0 N–H and O–H groups in total. The van der Waals surface area contributed by atoms with E-state index in [4.69, 9.17) is 0 Å². The summed E-state index contributed by atoms with van der Waals surface area (Å²) in [6, 6.07) is 5.97. The van der Waals surface area contributed by atoms with E-state index in [1.807, 2.05) is 30.0 Å². The Hall–Kier alpha value is -0.280. The maximum atomic E-state index is 10.6. The van der Waals surface area contributed by atoms with Gasteiger partial charge in [0.05, 0.1) is 0 Å². The minimum atomic E-state index is 0.728. The number of carbonyl (C=O) groups is 1.